The third-order valence-electron chi connectivity index (χ3n) is 3.14. The first-order valence-electron chi connectivity index (χ1n) is 6.40. The molecule has 3 rings (SSSR count). The number of benzene rings is 1. The van der Waals surface area contributed by atoms with E-state index in [1.54, 1.807) is 22.7 Å². The first-order valence-corrected chi connectivity index (χ1v) is 8.16. The molecule has 1 aromatic carbocycles. The highest BCUT2D eigenvalue weighted by atomic mass is 32.1. The molecule has 2 heterocycles. The molecule has 0 unspecified atom stereocenters. The SMILES string of the molecule is OCc1ccccc1NC(c1cccs1)c1cccs1. The molecule has 2 aromatic heterocycles. The summed E-state index contributed by atoms with van der Waals surface area (Å²) in [5.41, 5.74) is 1.91. The standard InChI is InChI=1S/C16H15NOS2/c18-11-12-5-1-2-6-13(12)17-16(14-7-3-9-19-14)15-8-4-10-20-15/h1-10,16-18H,11H2. The van der Waals surface area contributed by atoms with Crippen molar-refractivity contribution >= 4 is 28.4 Å². The zero-order valence-electron chi connectivity index (χ0n) is 10.8. The monoisotopic (exact) mass is 301 g/mol. The molecule has 2 N–H and O–H groups in total. The Kier molecular flexibility index (Phi) is 4.16. The van der Waals surface area contributed by atoms with Gasteiger partial charge in [0.25, 0.3) is 0 Å². The highest BCUT2D eigenvalue weighted by Gasteiger charge is 2.17. The third kappa shape index (κ3) is 2.77. The topological polar surface area (TPSA) is 32.3 Å². The van der Waals surface area contributed by atoms with Gasteiger partial charge in [0, 0.05) is 21.0 Å². The maximum atomic E-state index is 9.46. The normalized spacial score (nSPS) is 10.9. The Morgan fingerprint density at radius 2 is 1.55 bits per heavy atom. The van der Waals surface area contributed by atoms with E-state index in [1.807, 2.05) is 24.3 Å². The van der Waals surface area contributed by atoms with E-state index in [0.29, 0.717) is 0 Å². The summed E-state index contributed by atoms with van der Waals surface area (Å²) >= 11 is 3.49. The van der Waals surface area contributed by atoms with Gasteiger partial charge in [-0.05, 0) is 29.0 Å². The fraction of sp³-hybridized carbons (Fsp3) is 0.125. The van der Waals surface area contributed by atoms with Crippen LogP contribution >= 0.6 is 22.7 Å². The molecule has 20 heavy (non-hydrogen) atoms. The maximum absolute atomic E-state index is 9.46. The number of aliphatic hydroxyl groups excluding tert-OH is 1. The second-order valence-electron chi connectivity index (χ2n) is 4.42. The lowest BCUT2D eigenvalue weighted by Gasteiger charge is -2.19. The molecule has 0 aliphatic heterocycles. The summed E-state index contributed by atoms with van der Waals surface area (Å²) in [4.78, 5) is 2.56. The zero-order chi connectivity index (χ0) is 13.8. The second-order valence-corrected chi connectivity index (χ2v) is 6.38. The van der Waals surface area contributed by atoms with Gasteiger partial charge in [0.05, 0.1) is 12.6 Å². The van der Waals surface area contributed by atoms with Gasteiger partial charge >= 0.3 is 0 Å². The molecular weight excluding hydrogens is 286 g/mol. The summed E-state index contributed by atoms with van der Waals surface area (Å²) in [6.07, 6.45) is 0. The van der Waals surface area contributed by atoms with Crippen LogP contribution in [-0.2, 0) is 6.61 Å². The summed E-state index contributed by atoms with van der Waals surface area (Å²) in [7, 11) is 0. The largest absolute Gasteiger partial charge is 0.392 e. The molecule has 0 saturated carbocycles. The van der Waals surface area contributed by atoms with Crippen LogP contribution in [0.25, 0.3) is 0 Å². The molecule has 0 aliphatic carbocycles. The van der Waals surface area contributed by atoms with Crippen molar-refractivity contribution in [2.45, 2.75) is 12.6 Å². The van der Waals surface area contributed by atoms with Gasteiger partial charge in [0.1, 0.15) is 0 Å². The zero-order valence-corrected chi connectivity index (χ0v) is 12.5. The van der Waals surface area contributed by atoms with Crippen LogP contribution in [0.15, 0.2) is 59.3 Å². The Labute approximate surface area is 126 Å². The van der Waals surface area contributed by atoms with Gasteiger partial charge in [-0.15, -0.1) is 22.7 Å². The van der Waals surface area contributed by atoms with Crippen molar-refractivity contribution in [1.82, 2.24) is 0 Å². The van der Waals surface area contributed by atoms with Crippen molar-refractivity contribution in [2.75, 3.05) is 5.32 Å². The van der Waals surface area contributed by atoms with Gasteiger partial charge in [-0.2, -0.15) is 0 Å². The smallest absolute Gasteiger partial charge is 0.0953 e. The minimum atomic E-state index is 0.0464. The van der Waals surface area contributed by atoms with Gasteiger partial charge in [0.15, 0.2) is 0 Å². The lowest BCUT2D eigenvalue weighted by atomic mass is 10.1. The third-order valence-corrected chi connectivity index (χ3v) is 5.02. The first-order chi connectivity index (χ1) is 9.88. The van der Waals surface area contributed by atoms with Crippen LogP contribution < -0.4 is 5.32 Å². The molecule has 2 nitrogen and oxygen atoms in total. The Morgan fingerprint density at radius 1 is 0.900 bits per heavy atom. The van der Waals surface area contributed by atoms with E-state index in [4.69, 9.17) is 0 Å². The molecule has 0 spiro atoms. The molecule has 0 aliphatic rings. The van der Waals surface area contributed by atoms with E-state index >= 15 is 0 Å². The van der Waals surface area contributed by atoms with Crippen LogP contribution in [-0.4, -0.2) is 5.11 Å². The number of hydrogen-bond donors (Lipinski definition) is 2. The Hall–Kier alpha value is -1.62. The van der Waals surface area contributed by atoms with Gasteiger partial charge in [0.2, 0.25) is 0 Å². The van der Waals surface area contributed by atoms with Crippen LogP contribution in [0, 0.1) is 0 Å². The van der Waals surface area contributed by atoms with E-state index in [2.05, 4.69) is 40.3 Å². The number of para-hydroxylation sites is 1. The molecule has 0 atom stereocenters. The van der Waals surface area contributed by atoms with Crippen LogP contribution in [0.5, 0.6) is 0 Å². The first kappa shape index (κ1) is 13.4. The minimum Gasteiger partial charge on any atom is -0.392 e. The van der Waals surface area contributed by atoms with Crippen molar-refractivity contribution < 1.29 is 5.11 Å². The fourth-order valence-electron chi connectivity index (χ4n) is 2.15. The number of hydrogen-bond acceptors (Lipinski definition) is 4. The van der Waals surface area contributed by atoms with E-state index in [-0.39, 0.29) is 12.6 Å². The van der Waals surface area contributed by atoms with Crippen LogP contribution in [0.3, 0.4) is 0 Å². The number of thiophene rings is 2. The van der Waals surface area contributed by atoms with Crippen molar-refractivity contribution in [3.8, 4) is 0 Å². The van der Waals surface area contributed by atoms with Crippen molar-refractivity contribution in [3.05, 3.63) is 74.6 Å². The van der Waals surface area contributed by atoms with Crippen LogP contribution in [0.1, 0.15) is 21.4 Å². The Balaban J connectivity index is 1.95. The Morgan fingerprint density at radius 3 is 2.10 bits per heavy atom. The predicted octanol–water partition coefficient (Wildman–Crippen LogP) is 4.50. The predicted molar refractivity (Wildman–Crippen MR) is 86.5 cm³/mol. The maximum Gasteiger partial charge on any atom is 0.0953 e. The Bertz CT molecular complexity index is 613. The minimum absolute atomic E-state index is 0.0464. The molecule has 0 radical (unpaired) electrons. The van der Waals surface area contributed by atoms with Gasteiger partial charge in [-0.25, -0.2) is 0 Å². The van der Waals surface area contributed by atoms with E-state index in [1.165, 1.54) is 9.75 Å². The summed E-state index contributed by atoms with van der Waals surface area (Å²) in [5.74, 6) is 0. The molecule has 0 fully saturated rings. The highest BCUT2D eigenvalue weighted by Crippen LogP contribution is 2.33. The quantitative estimate of drug-likeness (QED) is 0.727. The van der Waals surface area contributed by atoms with Crippen molar-refractivity contribution in [1.29, 1.82) is 0 Å². The molecule has 0 bridgehead atoms. The van der Waals surface area contributed by atoms with Crippen molar-refractivity contribution in [3.63, 3.8) is 0 Å². The molecule has 102 valence electrons. The molecule has 3 aromatic rings. The highest BCUT2D eigenvalue weighted by molar-refractivity contribution is 7.11. The number of anilines is 1. The van der Waals surface area contributed by atoms with Crippen LogP contribution in [0.4, 0.5) is 5.69 Å². The fourth-order valence-corrected chi connectivity index (χ4v) is 3.81. The number of nitrogens with one attached hydrogen (secondary N) is 1. The number of aliphatic hydroxyl groups is 1. The number of rotatable bonds is 5. The summed E-state index contributed by atoms with van der Waals surface area (Å²) in [5, 5.41) is 17.2. The average Bonchev–Trinajstić information content (AvgIpc) is 3.18. The van der Waals surface area contributed by atoms with E-state index < -0.39 is 0 Å². The van der Waals surface area contributed by atoms with Gasteiger partial charge in [-0.1, -0.05) is 30.3 Å². The van der Waals surface area contributed by atoms with E-state index in [0.717, 1.165) is 11.3 Å². The van der Waals surface area contributed by atoms with E-state index in [9.17, 15) is 5.11 Å². The lowest BCUT2D eigenvalue weighted by Crippen LogP contribution is -2.11. The van der Waals surface area contributed by atoms with Gasteiger partial charge in [-0.3, -0.25) is 0 Å². The summed E-state index contributed by atoms with van der Waals surface area (Å²) in [6, 6.07) is 16.5. The van der Waals surface area contributed by atoms with Crippen LogP contribution in [0.2, 0.25) is 0 Å². The average molecular weight is 301 g/mol. The lowest BCUT2D eigenvalue weighted by molar-refractivity contribution is 0.282. The van der Waals surface area contributed by atoms with Crippen molar-refractivity contribution in [2.24, 2.45) is 0 Å². The molecule has 0 amide bonds. The second kappa shape index (κ2) is 6.22. The van der Waals surface area contributed by atoms with Gasteiger partial charge < -0.3 is 10.4 Å². The molecule has 0 saturated heterocycles. The summed E-state index contributed by atoms with van der Waals surface area (Å²) < 4.78 is 0. The molecular formula is C16H15NOS2. The molecule has 4 heteroatoms. The summed E-state index contributed by atoms with van der Waals surface area (Å²) in [6.45, 7) is 0.0464.